The van der Waals surface area contributed by atoms with Gasteiger partial charge in [0.15, 0.2) is 5.82 Å². The minimum Gasteiger partial charge on any atom is -0.492 e. The smallest absolute Gasteiger partial charge is 0.289 e. The number of aromatic amines is 1. The summed E-state index contributed by atoms with van der Waals surface area (Å²) in [6, 6.07) is 8.81. The third-order valence-corrected chi connectivity index (χ3v) is 4.30. The Morgan fingerprint density at radius 2 is 2.17 bits per heavy atom. The summed E-state index contributed by atoms with van der Waals surface area (Å²) < 4.78 is 5.60. The highest BCUT2D eigenvalue weighted by atomic mass is 16.5. The van der Waals surface area contributed by atoms with Crippen LogP contribution in [0, 0.1) is 0 Å². The summed E-state index contributed by atoms with van der Waals surface area (Å²) in [4.78, 5) is 33.7. The summed E-state index contributed by atoms with van der Waals surface area (Å²) in [6.45, 7) is 5.25. The molecule has 2 amide bonds. The first-order valence-corrected chi connectivity index (χ1v) is 9.02. The van der Waals surface area contributed by atoms with E-state index >= 15 is 0 Å². The van der Waals surface area contributed by atoms with E-state index in [1.807, 2.05) is 30.3 Å². The molecule has 2 aromatic rings. The number of likely N-dealkylation sites (N-methyl/N-ethyl adjacent to an activating group) is 1. The summed E-state index contributed by atoms with van der Waals surface area (Å²) in [5, 5.41) is 10.5. The number of ether oxygens (including phenoxy) is 1. The Labute approximate surface area is 168 Å². The van der Waals surface area contributed by atoms with Gasteiger partial charge in [0.25, 0.3) is 11.8 Å². The van der Waals surface area contributed by atoms with Crippen molar-refractivity contribution >= 4 is 18.0 Å². The number of aliphatic imine (C=N–C) groups is 1. The van der Waals surface area contributed by atoms with Crippen molar-refractivity contribution in [2.75, 3.05) is 13.7 Å². The molecule has 9 heteroatoms. The number of nitrogens with one attached hydrogen (secondary N) is 2. The van der Waals surface area contributed by atoms with Gasteiger partial charge in [-0.15, -0.1) is 10.2 Å². The average molecular weight is 394 g/mol. The Balaban J connectivity index is 1.67. The van der Waals surface area contributed by atoms with Gasteiger partial charge < -0.3 is 15.0 Å². The van der Waals surface area contributed by atoms with Crippen LogP contribution in [-0.4, -0.2) is 57.8 Å². The maximum Gasteiger partial charge on any atom is 0.289 e. The molecule has 2 heterocycles. The SMILES string of the molecule is C=C/C=N\C1=C(C)OC[C@H](NC(=O)c2nnc(Cc3ccccc3)[nH]2)C(=O)N1C. The zero-order valence-electron chi connectivity index (χ0n) is 16.3. The quantitative estimate of drug-likeness (QED) is 0.720. The molecule has 0 unspecified atom stereocenters. The van der Waals surface area contributed by atoms with E-state index in [4.69, 9.17) is 4.74 Å². The number of aromatic nitrogens is 3. The van der Waals surface area contributed by atoms with Gasteiger partial charge in [-0.1, -0.05) is 43.0 Å². The second kappa shape index (κ2) is 8.96. The number of rotatable bonds is 6. The van der Waals surface area contributed by atoms with Gasteiger partial charge in [-0.05, 0) is 12.5 Å². The molecule has 0 aliphatic carbocycles. The third-order valence-electron chi connectivity index (χ3n) is 4.30. The van der Waals surface area contributed by atoms with Crippen molar-refractivity contribution in [1.29, 1.82) is 0 Å². The Morgan fingerprint density at radius 1 is 1.41 bits per heavy atom. The minimum absolute atomic E-state index is 0.0150. The molecular weight excluding hydrogens is 372 g/mol. The maximum absolute atomic E-state index is 12.7. The average Bonchev–Trinajstić information content (AvgIpc) is 3.16. The zero-order valence-corrected chi connectivity index (χ0v) is 16.3. The molecule has 1 aromatic heterocycles. The minimum atomic E-state index is -0.887. The number of carbonyl (C=O) groups is 2. The van der Waals surface area contributed by atoms with E-state index in [0.29, 0.717) is 23.8 Å². The maximum atomic E-state index is 12.7. The third kappa shape index (κ3) is 4.75. The predicted molar refractivity (Wildman–Crippen MR) is 107 cm³/mol. The van der Waals surface area contributed by atoms with Crippen LogP contribution < -0.4 is 5.32 Å². The summed E-state index contributed by atoms with van der Waals surface area (Å²) in [5.74, 6) is 0.529. The van der Waals surface area contributed by atoms with Crippen LogP contribution in [0.25, 0.3) is 0 Å². The normalized spacial score (nSPS) is 17.2. The summed E-state index contributed by atoms with van der Waals surface area (Å²) >= 11 is 0. The van der Waals surface area contributed by atoms with E-state index < -0.39 is 11.9 Å². The second-order valence-corrected chi connectivity index (χ2v) is 6.41. The van der Waals surface area contributed by atoms with Crippen molar-refractivity contribution in [3.8, 4) is 0 Å². The van der Waals surface area contributed by atoms with Crippen LogP contribution in [0.4, 0.5) is 0 Å². The molecule has 9 nitrogen and oxygen atoms in total. The Hall–Kier alpha value is -3.75. The first-order valence-electron chi connectivity index (χ1n) is 9.02. The fourth-order valence-corrected chi connectivity index (χ4v) is 2.82. The van der Waals surface area contributed by atoms with Crippen LogP contribution in [0.3, 0.4) is 0 Å². The van der Waals surface area contributed by atoms with Crippen molar-refractivity contribution in [3.63, 3.8) is 0 Å². The van der Waals surface area contributed by atoms with E-state index in [1.165, 1.54) is 17.2 Å². The highest BCUT2D eigenvalue weighted by molar-refractivity contribution is 5.95. The highest BCUT2D eigenvalue weighted by Crippen LogP contribution is 2.17. The molecule has 3 rings (SSSR count). The molecule has 0 fully saturated rings. The van der Waals surface area contributed by atoms with Crippen molar-refractivity contribution in [1.82, 2.24) is 25.4 Å². The number of nitrogens with zero attached hydrogens (tertiary/aromatic N) is 4. The van der Waals surface area contributed by atoms with Gasteiger partial charge in [-0.2, -0.15) is 0 Å². The number of hydrogen-bond donors (Lipinski definition) is 2. The zero-order chi connectivity index (χ0) is 20.8. The number of amides is 2. The van der Waals surface area contributed by atoms with Gasteiger partial charge in [0.1, 0.15) is 24.2 Å². The molecule has 1 atom stereocenters. The molecule has 150 valence electrons. The fraction of sp³-hybridized carbons (Fsp3) is 0.250. The molecule has 1 aliphatic heterocycles. The molecule has 2 N–H and O–H groups in total. The fourth-order valence-electron chi connectivity index (χ4n) is 2.82. The molecule has 1 aromatic carbocycles. The number of benzene rings is 1. The van der Waals surface area contributed by atoms with E-state index in [9.17, 15) is 9.59 Å². The van der Waals surface area contributed by atoms with Crippen LogP contribution in [0.2, 0.25) is 0 Å². The monoisotopic (exact) mass is 394 g/mol. The molecule has 0 bridgehead atoms. The predicted octanol–water partition coefficient (Wildman–Crippen LogP) is 1.43. The Morgan fingerprint density at radius 3 is 2.90 bits per heavy atom. The summed E-state index contributed by atoms with van der Waals surface area (Å²) in [7, 11) is 1.57. The number of carbonyl (C=O) groups excluding carboxylic acids is 2. The Bertz CT molecular complexity index is 964. The molecule has 0 radical (unpaired) electrons. The van der Waals surface area contributed by atoms with Crippen LogP contribution in [-0.2, 0) is 16.0 Å². The molecular formula is C20H22N6O3. The van der Waals surface area contributed by atoms with Gasteiger partial charge in [0.05, 0.1) is 0 Å². The highest BCUT2D eigenvalue weighted by Gasteiger charge is 2.31. The lowest BCUT2D eigenvalue weighted by atomic mass is 10.1. The van der Waals surface area contributed by atoms with Crippen molar-refractivity contribution < 1.29 is 14.3 Å². The van der Waals surface area contributed by atoms with Gasteiger partial charge >= 0.3 is 0 Å². The Kier molecular flexibility index (Phi) is 6.18. The van der Waals surface area contributed by atoms with Crippen molar-refractivity contribution in [2.45, 2.75) is 19.4 Å². The van der Waals surface area contributed by atoms with Gasteiger partial charge in [0, 0.05) is 19.7 Å². The number of H-pyrrole nitrogens is 1. The van der Waals surface area contributed by atoms with E-state index in [2.05, 4.69) is 32.1 Å². The molecule has 0 saturated carbocycles. The van der Waals surface area contributed by atoms with Crippen molar-refractivity contribution in [3.05, 3.63) is 71.8 Å². The summed E-state index contributed by atoms with van der Waals surface area (Å²) in [6.07, 6.45) is 3.48. The first kappa shape index (κ1) is 20.0. The number of allylic oxidation sites excluding steroid dienone is 2. The van der Waals surface area contributed by atoms with E-state index in [-0.39, 0.29) is 18.3 Å². The first-order chi connectivity index (χ1) is 14.0. The standard InChI is InChI=1S/C20H22N6O3/c1-4-10-21-18-13(2)29-12-15(20(28)26(18)3)22-19(27)17-23-16(24-25-17)11-14-8-6-5-7-9-14/h4-10,15H,1,11-12H2,2-3H3,(H,22,27)(H,23,24,25)/b21-10-/t15-/m0/s1. The van der Waals surface area contributed by atoms with Gasteiger partial charge in [-0.25, -0.2) is 4.99 Å². The lowest BCUT2D eigenvalue weighted by Crippen LogP contribution is -2.48. The lowest BCUT2D eigenvalue weighted by molar-refractivity contribution is -0.130. The van der Waals surface area contributed by atoms with Crippen molar-refractivity contribution in [2.24, 2.45) is 4.99 Å². The largest absolute Gasteiger partial charge is 0.492 e. The molecule has 1 aliphatic rings. The van der Waals surface area contributed by atoms with Crippen LogP contribution >= 0.6 is 0 Å². The van der Waals surface area contributed by atoms with Gasteiger partial charge in [0.2, 0.25) is 5.82 Å². The second-order valence-electron chi connectivity index (χ2n) is 6.41. The molecule has 29 heavy (non-hydrogen) atoms. The van der Waals surface area contributed by atoms with Crippen LogP contribution in [0.5, 0.6) is 0 Å². The number of hydrogen-bond acceptors (Lipinski definition) is 6. The van der Waals surface area contributed by atoms with Crippen LogP contribution in [0.1, 0.15) is 28.9 Å². The van der Waals surface area contributed by atoms with Gasteiger partial charge in [-0.3, -0.25) is 14.5 Å². The molecule has 0 spiro atoms. The van der Waals surface area contributed by atoms with E-state index in [0.717, 1.165) is 5.56 Å². The molecule has 0 saturated heterocycles. The lowest BCUT2D eigenvalue weighted by Gasteiger charge is -2.20. The van der Waals surface area contributed by atoms with E-state index in [1.54, 1.807) is 14.0 Å². The topological polar surface area (TPSA) is 113 Å². The summed E-state index contributed by atoms with van der Waals surface area (Å²) in [5.41, 5.74) is 1.04. The van der Waals surface area contributed by atoms with Crippen LogP contribution in [0.15, 0.2) is 59.6 Å².